The van der Waals surface area contributed by atoms with E-state index in [2.05, 4.69) is 15.5 Å². The summed E-state index contributed by atoms with van der Waals surface area (Å²) in [6.45, 7) is 2.65. The van der Waals surface area contributed by atoms with Crippen molar-refractivity contribution in [3.05, 3.63) is 0 Å². The number of nitrogens with zero attached hydrogens (tertiary/aromatic N) is 1. The molecule has 1 atom stereocenters. The molecule has 1 aliphatic carbocycles. The fraction of sp³-hybridized carbons (Fsp3) is 0.933. The summed E-state index contributed by atoms with van der Waals surface area (Å²) in [5.41, 5.74) is 0. The maximum atomic E-state index is 12.1. The van der Waals surface area contributed by atoms with E-state index in [0.29, 0.717) is 18.6 Å². The monoisotopic (exact) mass is 267 g/mol. The van der Waals surface area contributed by atoms with Crippen LogP contribution in [0.15, 0.2) is 0 Å². The SMILES string of the molecule is CNC1CCCN(CC(=O)NC2CCCCCC2)C1. The molecular formula is C15H29N3O. The Balaban J connectivity index is 1.70. The van der Waals surface area contributed by atoms with Crippen LogP contribution in [-0.2, 0) is 4.79 Å². The molecule has 2 rings (SSSR count). The number of carbonyl (C=O) groups is 1. The first kappa shape index (κ1) is 14.8. The molecule has 1 unspecified atom stereocenters. The van der Waals surface area contributed by atoms with Crippen LogP contribution in [-0.4, -0.2) is 49.6 Å². The second kappa shape index (κ2) is 7.85. The van der Waals surface area contributed by atoms with Crippen molar-refractivity contribution < 1.29 is 4.79 Å². The lowest BCUT2D eigenvalue weighted by Crippen LogP contribution is -2.49. The first-order chi connectivity index (χ1) is 9.28. The number of likely N-dealkylation sites (tertiary alicyclic amines) is 1. The van der Waals surface area contributed by atoms with E-state index in [-0.39, 0.29) is 5.91 Å². The van der Waals surface area contributed by atoms with Gasteiger partial charge in [-0.2, -0.15) is 0 Å². The van der Waals surface area contributed by atoms with Crippen molar-refractivity contribution in [2.45, 2.75) is 63.5 Å². The van der Waals surface area contributed by atoms with E-state index in [4.69, 9.17) is 0 Å². The van der Waals surface area contributed by atoms with E-state index >= 15 is 0 Å². The number of nitrogens with one attached hydrogen (secondary N) is 2. The van der Waals surface area contributed by atoms with Gasteiger partial charge >= 0.3 is 0 Å². The molecule has 4 nitrogen and oxygen atoms in total. The predicted octanol–water partition coefficient (Wildman–Crippen LogP) is 1.51. The average Bonchev–Trinajstić information content (AvgIpc) is 2.67. The molecule has 0 aromatic rings. The number of hydrogen-bond acceptors (Lipinski definition) is 3. The summed E-state index contributed by atoms with van der Waals surface area (Å²) in [7, 11) is 2.01. The van der Waals surface area contributed by atoms with Gasteiger partial charge in [0.05, 0.1) is 6.54 Å². The first-order valence-electron chi connectivity index (χ1n) is 7.97. The molecule has 19 heavy (non-hydrogen) atoms. The number of likely N-dealkylation sites (N-methyl/N-ethyl adjacent to an activating group) is 1. The Hall–Kier alpha value is -0.610. The minimum Gasteiger partial charge on any atom is -0.352 e. The summed E-state index contributed by atoms with van der Waals surface area (Å²) in [5.74, 6) is 0.226. The lowest BCUT2D eigenvalue weighted by atomic mass is 10.1. The summed E-state index contributed by atoms with van der Waals surface area (Å²) in [6, 6.07) is 0.985. The van der Waals surface area contributed by atoms with Crippen molar-refractivity contribution in [1.29, 1.82) is 0 Å². The van der Waals surface area contributed by atoms with Crippen LogP contribution in [0.2, 0.25) is 0 Å². The van der Waals surface area contributed by atoms with Gasteiger partial charge in [-0.25, -0.2) is 0 Å². The van der Waals surface area contributed by atoms with Crippen molar-refractivity contribution >= 4 is 5.91 Å². The lowest BCUT2D eigenvalue weighted by molar-refractivity contribution is -0.123. The summed E-state index contributed by atoms with van der Waals surface area (Å²) in [4.78, 5) is 14.4. The van der Waals surface area contributed by atoms with Gasteiger partial charge in [0.2, 0.25) is 5.91 Å². The third-order valence-corrected chi connectivity index (χ3v) is 4.50. The van der Waals surface area contributed by atoms with Crippen LogP contribution in [0.4, 0.5) is 0 Å². The highest BCUT2D eigenvalue weighted by atomic mass is 16.2. The molecule has 1 saturated carbocycles. The third-order valence-electron chi connectivity index (χ3n) is 4.50. The summed E-state index contributed by atoms with van der Waals surface area (Å²) >= 11 is 0. The Labute approximate surface area is 117 Å². The van der Waals surface area contributed by atoms with Gasteiger partial charge in [0.15, 0.2) is 0 Å². The second-order valence-electron chi connectivity index (χ2n) is 6.12. The molecule has 0 spiro atoms. The number of rotatable bonds is 4. The van der Waals surface area contributed by atoms with Crippen LogP contribution in [0.5, 0.6) is 0 Å². The van der Waals surface area contributed by atoms with Crippen LogP contribution >= 0.6 is 0 Å². The molecule has 1 saturated heterocycles. The van der Waals surface area contributed by atoms with E-state index < -0.39 is 0 Å². The number of amides is 1. The van der Waals surface area contributed by atoms with Gasteiger partial charge in [-0.05, 0) is 39.3 Å². The maximum Gasteiger partial charge on any atom is 0.234 e. The highest BCUT2D eigenvalue weighted by Gasteiger charge is 2.21. The molecule has 2 fully saturated rings. The maximum absolute atomic E-state index is 12.1. The molecule has 2 N–H and O–H groups in total. The molecule has 4 heteroatoms. The molecule has 2 aliphatic rings. The van der Waals surface area contributed by atoms with Gasteiger partial charge in [0, 0.05) is 18.6 Å². The van der Waals surface area contributed by atoms with Crippen LogP contribution in [0, 0.1) is 0 Å². The van der Waals surface area contributed by atoms with Gasteiger partial charge in [-0.3, -0.25) is 9.69 Å². The molecule has 0 bridgehead atoms. The van der Waals surface area contributed by atoms with Crippen molar-refractivity contribution in [2.24, 2.45) is 0 Å². The first-order valence-corrected chi connectivity index (χ1v) is 7.97. The van der Waals surface area contributed by atoms with Gasteiger partial charge in [-0.15, -0.1) is 0 Å². The normalized spacial score (nSPS) is 26.9. The van der Waals surface area contributed by atoms with Crippen molar-refractivity contribution in [1.82, 2.24) is 15.5 Å². The van der Waals surface area contributed by atoms with E-state index in [1.807, 2.05) is 7.05 Å². The summed E-state index contributed by atoms with van der Waals surface area (Å²) < 4.78 is 0. The Morgan fingerprint density at radius 1 is 1.05 bits per heavy atom. The number of hydrogen-bond donors (Lipinski definition) is 2. The number of carbonyl (C=O) groups excluding carboxylic acids is 1. The zero-order chi connectivity index (χ0) is 13.5. The van der Waals surface area contributed by atoms with Gasteiger partial charge in [-0.1, -0.05) is 25.7 Å². The largest absolute Gasteiger partial charge is 0.352 e. The van der Waals surface area contributed by atoms with E-state index in [9.17, 15) is 4.79 Å². The molecule has 0 radical (unpaired) electrons. The Bertz CT molecular complexity index is 275. The molecule has 0 aromatic carbocycles. The van der Waals surface area contributed by atoms with Crippen LogP contribution < -0.4 is 10.6 Å². The minimum atomic E-state index is 0.226. The molecular weight excluding hydrogens is 238 g/mol. The van der Waals surface area contributed by atoms with Gasteiger partial charge < -0.3 is 10.6 Å². The summed E-state index contributed by atoms with van der Waals surface area (Å²) in [6.07, 6.45) is 9.99. The van der Waals surface area contributed by atoms with Crippen LogP contribution in [0.3, 0.4) is 0 Å². The minimum absolute atomic E-state index is 0.226. The highest BCUT2D eigenvalue weighted by molar-refractivity contribution is 5.78. The van der Waals surface area contributed by atoms with Gasteiger partial charge in [0.1, 0.15) is 0 Å². The highest BCUT2D eigenvalue weighted by Crippen LogP contribution is 2.17. The number of piperidine rings is 1. The second-order valence-corrected chi connectivity index (χ2v) is 6.12. The van der Waals surface area contributed by atoms with Crippen LogP contribution in [0.25, 0.3) is 0 Å². The quantitative estimate of drug-likeness (QED) is 0.759. The zero-order valence-corrected chi connectivity index (χ0v) is 12.3. The van der Waals surface area contributed by atoms with E-state index in [1.165, 1.54) is 51.4 Å². The van der Waals surface area contributed by atoms with E-state index in [0.717, 1.165) is 13.1 Å². The van der Waals surface area contributed by atoms with Crippen molar-refractivity contribution in [3.8, 4) is 0 Å². The van der Waals surface area contributed by atoms with Crippen molar-refractivity contribution in [2.75, 3.05) is 26.7 Å². The Kier molecular flexibility index (Phi) is 6.11. The molecule has 1 heterocycles. The Morgan fingerprint density at radius 2 is 1.74 bits per heavy atom. The standard InChI is InChI=1S/C15H29N3O/c1-16-14-9-6-10-18(11-14)12-15(19)17-13-7-4-2-3-5-8-13/h13-14,16H,2-12H2,1H3,(H,17,19). The van der Waals surface area contributed by atoms with Gasteiger partial charge in [0.25, 0.3) is 0 Å². The molecule has 110 valence electrons. The van der Waals surface area contributed by atoms with E-state index in [1.54, 1.807) is 0 Å². The lowest BCUT2D eigenvalue weighted by Gasteiger charge is -2.32. The smallest absolute Gasteiger partial charge is 0.234 e. The topological polar surface area (TPSA) is 44.4 Å². The predicted molar refractivity (Wildman–Crippen MR) is 78.2 cm³/mol. The summed E-state index contributed by atoms with van der Waals surface area (Å²) in [5, 5.41) is 6.56. The average molecular weight is 267 g/mol. The molecule has 0 aromatic heterocycles. The van der Waals surface area contributed by atoms with Crippen molar-refractivity contribution in [3.63, 3.8) is 0 Å². The van der Waals surface area contributed by atoms with Crippen LogP contribution in [0.1, 0.15) is 51.4 Å². The molecule has 1 amide bonds. The fourth-order valence-electron chi connectivity index (χ4n) is 3.33. The molecule has 1 aliphatic heterocycles. The zero-order valence-electron chi connectivity index (χ0n) is 12.3. The Morgan fingerprint density at radius 3 is 2.42 bits per heavy atom. The fourth-order valence-corrected chi connectivity index (χ4v) is 3.33. The third kappa shape index (κ3) is 5.11.